The Kier molecular flexibility index (Phi) is 3.67. The number of pyridine rings is 1. The molecule has 0 bridgehead atoms. The van der Waals surface area contributed by atoms with Crippen LogP contribution in [0.15, 0.2) is 103 Å². The topological polar surface area (TPSA) is 12.9 Å². The quantitative estimate of drug-likeness (QED) is 0.242. The number of hydrogen-bond donors (Lipinski definition) is 0. The van der Waals surface area contributed by atoms with Crippen molar-refractivity contribution in [2.24, 2.45) is 0 Å². The van der Waals surface area contributed by atoms with E-state index in [9.17, 15) is 0 Å². The predicted octanol–water partition coefficient (Wildman–Crippen LogP) is 8.51. The molecular formula is C32H23N. The third-order valence-corrected chi connectivity index (χ3v) is 7.52. The standard InChI is InChI=1S/C32H23N/c1-32(2)29-12-6-5-10-24(29)25-14-13-20(18-30(25)32)27-19-28-23(21-8-3-4-9-22(21)27)15-16-31-26(28)11-7-17-33-31/h3-19H,1-2H3. The van der Waals surface area contributed by atoms with Crippen molar-refractivity contribution < 1.29 is 0 Å². The maximum Gasteiger partial charge on any atom is 0.0708 e. The van der Waals surface area contributed by atoms with Crippen molar-refractivity contribution in [1.82, 2.24) is 4.98 Å². The van der Waals surface area contributed by atoms with E-state index in [0.29, 0.717) is 0 Å². The normalized spacial score (nSPS) is 14.0. The van der Waals surface area contributed by atoms with Crippen LogP contribution in [-0.2, 0) is 5.41 Å². The molecule has 0 N–H and O–H groups in total. The molecule has 156 valence electrons. The van der Waals surface area contributed by atoms with Gasteiger partial charge in [-0.1, -0.05) is 86.6 Å². The molecule has 6 aromatic rings. The number of hydrogen-bond acceptors (Lipinski definition) is 1. The molecule has 1 heterocycles. The molecule has 7 rings (SSSR count). The van der Waals surface area contributed by atoms with Gasteiger partial charge in [0.1, 0.15) is 0 Å². The van der Waals surface area contributed by atoms with Gasteiger partial charge in [-0.2, -0.15) is 0 Å². The highest BCUT2D eigenvalue weighted by atomic mass is 14.6. The van der Waals surface area contributed by atoms with Crippen LogP contribution in [0, 0.1) is 0 Å². The van der Waals surface area contributed by atoms with E-state index in [1.54, 1.807) is 0 Å². The molecule has 1 nitrogen and oxygen atoms in total. The summed E-state index contributed by atoms with van der Waals surface area (Å²) in [5.41, 5.74) is 9.13. The fourth-order valence-electron chi connectivity index (χ4n) is 5.85. The first-order chi connectivity index (χ1) is 16.1. The molecule has 0 spiro atoms. The Balaban J connectivity index is 1.56. The van der Waals surface area contributed by atoms with Crippen molar-refractivity contribution in [1.29, 1.82) is 0 Å². The van der Waals surface area contributed by atoms with E-state index < -0.39 is 0 Å². The van der Waals surface area contributed by atoms with Crippen LogP contribution in [-0.4, -0.2) is 4.98 Å². The third kappa shape index (κ3) is 2.51. The second-order valence-corrected chi connectivity index (χ2v) is 9.63. The van der Waals surface area contributed by atoms with Crippen LogP contribution in [0.25, 0.3) is 54.7 Å². The smallest absolute Gasteiger partial charge is 0.0708 e. The molecule has 1 aliphatic carbocycles. The minimum Gasteiger partial charge on any atom is -0.256 e. The lowest BCUT2D eigenvalue weighted by atomic mass is 9.81. The summed E-state index contributed by atoms with van der Waals surface area (Å²) in [7, 11) is 0. The molecule has 33 heavy (non-hydrogen) atoms. The maximum atomic E-state index is 4.60. The van der Waals surface area contributed by atoms with E-state index >= 15 is 0 Å². The highest BCUT2D eigenvalue weighted by Crippen LogP contribution is 2.50. The molecule has 0 unspecified atom stereocenters. The molecule has 0 saturated heterocycles. The zero-order valence-corrected chi connectivity index (χ0v) is 18.8. The zero-order valence-electron chi connectivity index (χ0n) is 18.8. The second-order valence-electron chi connectivity index (χ2n) is 9.63. The number of benzene rings is 5. The van der Waals surface area contributed by atoms with Gasteiger partial charge in [0.05, 0.1) is 5.52 Å². The maximum absolute atomic E-state index is 4.60. The second kappa shape index (κ2) is 6.52. The zero-order chi connectivity index (χ0) is 22.2. The molecule has 0 aliphatic heterocycles. The lowest BCUT2D eigenvalue weighted by Gasteiger charge is -2.22. The molecule has 0 fully saturated rings. The average Bonchev–Trinajstić information content (AvgIpc) is 3.10. The summed E-state index contributed by atoms with van der Waals surface area (Å²) in [6.07, 6.45) is 1.87. The van der Waals surface area contributed by atoms with Gasteiger partial charge in [0.15, 0.2) is 0 Å². The number of rotatable bonds is 1. The highest BCUT2D eigenvalue weighted by molar-refractivity contribution is 6.20. The molecule has 0 atom stereocenters. The van der Waals surface area contributed by atoms with Crippen LogP contribution in [0.2, 0.25) is 0 Å². The van der Waals surface area contributed by atoms with Crippen molar-refractivity contribution in [3.63, 3.8) is 0 Å². The molecular weight excluding hydrogens is 398 g/mol. The van der Waals surface area contributed by atoms with Crippen LogP contribution in [0.5, 0.6) is 0 Å². The number of nitrogens with zero attached hydrogens (tertiary/aromatic N) is 1. The van der Waals surface area contributed by atoms with Crippen molar-refractivity contribution in [3.05, 3.63) is 114 Å². The van der Waals surface area contributed by atoms with E-state index in [2.05, 4.69) is 110 Å². The molecule has 1 heteroatoms. The fraction of sp³-hybridized carbons (Fsp3) is 0.0938. The molecule has 0 radical (unpaired) electrons. The molecule has 0 saturated carbocycles. The third-order valence-electron chi connectivity index (χ3n) is 7.52. The Bertz CT molecular complexity index is 1740. The van der Waals surface area contributed by atoms with E-state index in [-0.39, 0.29) is 5.41 Å². The van der Waals surface area contributed by atoms with E-state index in [4.69, 9.17) is 0 Å². The SMILES string of the molecule is CC1(C)c2ccccc2-c2ccc(-c3cc4c5cccnc5ccc4c4ccccc34)cc21. The van der Waals surface area contributed by atoms with Gasteiger partial charge in [0, 0.05) is 17.0 Å². The van der Waals surface area contributed by atoms with Crippen LogP contribution in [0.1, 0.15) is 25.0 Å². The summed E-state index contributed by atoms with van der Waals surface area (Å²) in [5, 5.41) is 6.33. The molecule has 1 aromatic heterocycles. The first kappa shape index (κ1) is 18.6. The monoisotopic (exact) mass is 421 g/mol. The summed E-state index contributed by atoms with van der Waals surface area (Å²) < 4.78 is 0. The van der Waals surface area contributed by atoms with Crippen LogP contribution >= 0.6 is 0 Å². The number of aromatic nitrogens is 1. The molecule has 0 amide bonds. The van der Waals surface area contributed by atoms with Gasteiger partial charge in [-0.3, -0.25) is 4.98 Å². The Morgan fingerprint density at radius 3 is 2.15 bits per heavy atom. The van der Waals surface area contributed by atoms with Gasteiger partial charge in [-0.25, -0.2) is 0 Å². The summed E-state index contributed by atoms with van der Waals surface area (Å²) in [6.45, 7) is 4.69. The Morgan fingerprint density at radius 1 is 0.515 bits per heavy atom. The van der Waals surface area contributed by atoms with Crippen LogP contribution in [0.4, 0.5) is 0 Å². The van der Waals surface area contributed by atoms with Crippen molar-refractivity contribution in [2.45, 2.75) is 19.3 Å². The minimum atomic E-state index is -0.00872. The summed E-state index contributed by atoms with van der Waals surface area (Å²) in [6, 6.07) is 35.6. The Labute approximate surface area is 193 Å². The van der Waals surface area contributed by atoms with E-state index in [1.807, 2.05) is 12.3 Å². The van der Waals surface area contributed by atoms with Gasteiger partial charge < -0.3 is 0 Å². The fourth-order valence-corrected chi connectivity index (χ4v) is 5.85. The highest BCUT2D eigenvalue weighted by Gasteiger charge is 2.35. The van der Waals surface area contributed by atoms with Gasteiger partial charge in [-0.15, -0.1) is 0 Å². The molecule has 5 aromatic carbocycles. The van der Waals surface area contributed by atoms with Crippen molar-refractivity contribution >= 4 is 32.4 Å². The van der Waals surface area contributed by atoms with E-state index in [1.165, 1.54) is 60.3 Å². The average molecular weight is 422 g/mol. The van der Waals surface area contributed by atoms with Crippen LogP contribution < -0.4 is 0 Å². The summed E-state index contributed by atoms with van der Waals surface area (Å²) in [4.78, 5) is 4.60. The number of fused-ring (bicyclic) bond motifs is 8. The molecule has 1 aliphatic rings. The van der Waals surface area contributed by atoms with E-state index in [0.717, 1.165) is 5.52 Å². The first-order valence-electron chi connectivity index (χ1n) is 11.6. The largest absolute Gasteiger partial charge is 0.256 e. The van der Waals surface area contributed by atoms with Gasteiger partial charge >= 0.3 is 0 Å². The lowest BCUT2D eigenvalue weighted by molar-refractivity contribution is 0.660. The van der Waals surface area contributed by atoms with Gasteiger partial charge in [-0.05, 0) is 79.2 Å². The van der Waals surface area contributed by atoms with Crippen molar-refractivity contribution in [3.8, 4) is 22.3 Å². The van der Waals surface area contributed by atoms with Gasteiger partial charge in [0.25, 0.3) is 0 Å². The summed E-state index contributed by atoms with van der Waals surface area (Å²) in [5.74, 6) is 0. The van der Waals surface area contributed by atoms with Crippen molar-refractivity contribution in [2.75, 3.05) is 0 Å². The Morgan fingerprint density at radius 2 is 1.24 bits per heavy atom. The summed E-state index contributed by atoms with van der Waals surface area (Å²) >= 11 is 0. The first-order valence-corrected chi connectivity index (χ1v) is 11.6. The lowest BCUT2D eigenvalue weighted by Crippen LogP contribution is -2.14. The predicted molar refractivity (Wildman–Crippen MR) is 140 cm³/mol. The van der Waals surface area contributed by atoms with Gasteiger partial charge in [0.2, 0.25) is 0 Å². The van der Waals surface area contributed by atoms with Crippen LogP contribution in [0.3, 0.4) is 0 Å². The Hall–Kier alpha value is -3.97. The minimum absolute atomic E-state index is 0.00872.